The minimum Gasteiger partial charge on any atom is -0.480 e. The molecule has 6 heteroatoms. The van der Waals surface area contributed by atoms with Crippen molar-refractivity contribution in [2.75, 3.05) is 6.54 Å². The standard InChI is InChI=1S/C15H18N2O4/c16-14(19)11-8-13(18)17(9-11)12(15(20)21)7-6-10-4-2-1-3-5-10/h1-5,11-12H,6-9H2,(H2,16,19)(H,20,21). The van der Waals surface area contributed by atoms with Crippen LogP contribution in [0.2, 0.25) is 0 Å². The number of carbonyl (C=O) groups is 3. The fraction of sp³-hybridized carbons (Fsp3) is 0.400. The van der Waals surface area contributed by atoms with E-state index in [4.69, 9.17) is 5.73 Å². The van der Waals surface area contributed by atoms with E-state index < -0.39 is 23.8 Å². The SMILES string of the molecule is NC(=O)C1CC(=O)N(C(CCc2ccccc2)C(=O)O)C1. The molecule has 1 aromatic rings. The van der Waals surface area contributed by atoms with Crippen molar-refractivity contribution in [3.63, 3.8) is 0 Å². The zero-order valence-electron chi connectivity index (χ0n) is 11.6. The maximum atomic E-state index is 11.9. The van der Waals surface area contributed by atoms with Gasteiger partial charge in [0.05, 0.1) is 5.92 Å². The van der Waals surface area contributed by atoms with Gasteiger partial charge in [-0.3, -0.25) is 9.59 Å². The van der Waals surface area contributed by atoms with Crippen LogP contribution in [0.25, 0.3) is 0 Å². The monoisotopic (exact) mass is 290 g/mol. The van der Waals surface area contributed by atoms with Gasteiger partial charge in [-0.2, -0.15) is 0 Å². The van der Waals surface area contributed by atoms with Crippen LogP contribution in [0.3, 0.4) is 0 Å². The number of carboxylic acid groups (broad SMARTS) is 1. The van der Waals surface area contributed by atoms with E-state index in [0.29, 0.717) is 12.8 Å². The summed E-state index contributed by atoms with van der Waals surface area (Å²) in [5.41, 5.74) is 6.21. The molecule has 1 aromatic carbocycles. The minimum absolute atomic E-state index is 0.00441. The molecule has 1 saturated heterocycles. The second-order valence-electron chi connectivity index (χ2n) is 5.23. The van der Waals surface area contributed by atoms with E-state index in [0.717, 1.165) is 5.56 Å². The summed E-state index contributed by atoms with van der Waals surface area (Å²) in [6.45, 7) is 0.0971. The molecule has 1 heterocycles. The van der Waals surface area contributed by atoms with E-state index in [9.17, 15) is 19.5 Å². The Morgan fingerprint density at radius 2 is 2.00 bits per heavy atom. The van der Waals surface area contributed by atoms with E-state index in [2.05, 4.69) is 0 Å². The molecule has 6 nitrogen and oxygen atoms in total. The van der Waals surface area contributed by atoms with Gasteiger partial charge in [-0.25, -0.2) is 4.79 Å². The molecule has 0 radical (unpaired) electrons. The third kappa shape index (κ3) is 3.59. The average Bonchev–Trinajstić information content (AvgIpc) is 2.82. The molecule has 1 aliphatic rings. The van der Waals surface area contributed by atoms with Crippen molar-refractivity contribution in [2.45, 2.75) is 25.3 Å². The van der Waals surface area contributed by atoms with Crippen molar-refractivity contribution < 1.29 is 19.5 Å². The molecule has 2 unspecified atom stereocenters. The minimum atomic E-state index is -1.05. The van der Waals surface area contributed by atoms with E-state index >= 15 is 0 Å². The predicted molar refractivity (Wildman–Crippen MR) is 75.2 cm³/mol. The second-order valence-corrected chi connectivity index (χ2v) is 5.23. The zero-order chi connectivity index (χ0) is 15.4. The number of hydrogen-bond acceptors (Lipinski definition) is 3. The third-order valence-corrected chi connectivity index (χ3v) is 3.77. The van der Waals surface area contributed by atoms with Gasteiger partial charge in [-0.1, -0.05) is 30.3 Å². The Hall–Kier alpha value is -2.37. The number of carbonyl (C=O) groups excluding carboxylic acids is 2. The Morgan fingerprint density at radius 3 is 2.52 bits per heavy atom. The molecular formula is C15H18N2O4. The summed E-state index contributed by atoms with van der Waals surface area (Å²) < 4.78 is 0. The first kappa shape index (κ1) is 15.0. The van der Waals surface area contributed by atoms with Gasteiger partial charge >= 0.3 is 5.97 Å². The van der Waals surface area contributed by atoms with Crippen LogP contribution in [0, 0.1) is 5.92 Å². The van der Waals surface area contributed by atoms with Crippen molar-refractivity contribution >= 4 is 17.8 Å². The van der Waals surface area contributed by atoms with Gasteiger partial charge < -0.3 is 15.7 Å². The molecule has 2 rings (SSSR count). The molecule has 0 saturated carbocycles. The van der Waals surface area contributed by atoms with E-state index in [-0.39, 0.29) is 18.9 Å². The van der Waals surface area contributed by atoms with Gasteiger partial charge in [0.25, 0.3) is 0 Å². The Labute approximate surface area is 122 Å². The maximum absolute atomic E-state index is 11.9. The highest BCUT2D eigenvalue weighted by atomic mass is 16.4. The van der Waals surface area contributed by atoms with Gasteiger partial charge in [-0.05, 0) is 18.4 Å². The number of benzene rings is 1. The van der Waals surface area contributed by atoms with Crippen molar-refractivity contribution in [1.29, 1.82) is 0 Å². The number of amides is 2. The molecular weight excluding hydrogens is 272 g/mol. The molecule has 2 atom stereocenters. The van der Waals surface area contributed by atoms with Crippen molar-refractivity contribution in [2.24, 2.45) is 11.7 Å². The highest BCUT2D eigenvalue weighted by Gasteiger charge is 2.39. The fourth-order valence-electron chi connectivity index (χ4n) is 2.58. The van der Waals surface area contributed by atoms with Crippen LogP contribution >= 0.6 is 0 Å². The lowest BCUT2D eigenvalue weighted by Gasteiger charge is -2.24. The van der Waals surface area contributed by atoms with E-state index in [1.165, 1.54) is 4.90 Å². The Balaban J connectivity index is 2.04. The largest absolute Gasteiger partial charge is 0.480 e. The smallest absolute Gasteiger partial charge is 0.326 e. The first-order valence-corrected chi connectivity index (χ1v) is 6.84. The van der Waals surface area contributed by atoms with Gasteiger partial charge in [0.2, 0.25) is 11.8 Å². The molecule has 0 aromatic heterocycles. The maximum Gasteiger partial charge on any atom is 0.326 e. The lowest BCUT2D eigenvalue weighted by Crippen LogP contribution is -2.43. The zero-order valence-corrected chi connectivity index (χ0v) is 11.6. The number of nitrogens with two attached hydrogens (primary N) is 1. The Morgan fingerprint density at radius 1 is 1.33 bits per heavy atom. The van der Waals surface area contributed by atoms with Gasteiger partial charge in [0, 0.05) is 13.0 Å². The molecule has 3 N–H and O–H groups in total. The van der Waals surface area contributed by atoms with E-state index in [1.807, 2.05) is 30.3 Å². The van der Waals surface area contributed by atoms with E-state index in [1.54, 1.807) is 0 Å². The van der Waals surface area contributed by atoms with Crippen LogP contribution in [0.1, 0.15) is 18.4 Å². The summed E-state index contributed by atoms with van der Waals surface area (Å²) in [6, 6.07) is 8.57. The summed E-state index contributed by atoms with van der Waals surface area (Å²) in [5.74, 6) is -2.52. The molecule has 1 fully saturated rings. The third-order valence-electron chi connectivity index (χ3n) is 3.77. The number of aliphatic carboxylic acids is 1. The normalized spacial score (nSPS) is 19.5. The highest BCUT2D eigenvalue weighted by Crippen LogP contribution is 2.22. The second kappa shape index (κ2) is 6.39. The van der Waals surface area contributed by atoms with Crippen molar-refractivity contribution in [3.05, 3.63) is 35.9 Å². The Kier molecular flexibility index (Phi) is 4.57. The van der Waals surface area contributed by atoms with Crippen LogP contribution < -0.4 is 5.73 Å². The average molecular weight is 290 g/mol. The van der Waals surface area contributed by atoms with Gasteiger partial charge in [0.15, 0.2) is 0 Å². The predicted octanol–water partition coefficient (Wildman–Crippen LogP) is 0.406. The number of likely N-dealkylation sites (tertiary alicyclic amines) is 1. The summed E-state index contributed by atoms with van der Waals surface area (Å²) in [4.78, 5) is 35.7. The van der Waals surface area contributed by atoms with Crippen molar-refractivity contribution in [3.8, 4) is 0 Å². The van der Waals surface area contributed by atoms with Crippen LogP contribution in [-0.2, 0) is 20.8 Å². The molecule has 2 amide bonds. The quantitative estimate of drug-likeness (QED) is 0.792. The van der Waals surface area contributed by atoms with Gasteiger partial charge in [0.1, 0.15) is 6.04 Å². The fourth-order valence-corrected chi connectivity index (χ4v) is 2.58. The number of aryl methyl sites for hydroxylation is 1. The first-order chi connectivity index (χ1) is 9.99. The number of carboxylic acids is 1. The molecule has 1 aliphatic heterocycles. The topological polar surface area (TPSA) is 101 Å². The van der Waals surface area contributed by atoms with Crippen LogP contribution in [0.4, 0.5) is 0 Å². The summed E-state index contributed by atoms with van der Waals surface area (Å²) in [5, 5.41) is 9.34. The molecule has 0 aliphatic carbocycles. The lowest BCUT2D eigenvalue weighted by molar-refractivity contribution is -0.148. The molecule has 0 spiro atoms. The summed E-state index contributed by atoms with van der Waals surface area (Å²) in [7, 11) is 0. The number of nitrogens with zero attached hydrogens (tertiary/aromatic N) is 1. The van der Waals surface area contributed by atoms with Crippen LogP contribution in [0.5, 0.6) is 0 Å². The highest BCUT2D eigenvalue weighted by molar-refractivity contribution is 5.91. The number of rotatable bonds is 6. The summed E-state index contributed by atoms with van der Waals surface area (Å²) >= 11 is 0. The van der Waals surface area contributed by atoms with Crippen LogP contribution in [-0.4, -0.2) is 40.4 Å². The number of primary amides is 1. The summed E-state index contributed by atoms with van der Waals surface area (Å²) in [6.07, 6.45) is 0.879. The van der Waals surface area contributed by atoms with Crippen molar-refractivity contribution in [1.82, 2.24) is 4.90 Å². The number of hydrogen-bond donors (Lipinski definition) is 2. The lowest BCUT2D eigenvalue weighted by atomic mass is 10.0. The Bertz CT molecular complexity index is 544. The molecule has 0 bridgehead atoms. The van der Waals surface area contributed by atoms with Gasteiger partial charge in [-0.15, -0.1) is 0 Å². The van der Waals surface area contributed by atoms with Crippen LogP contribution in [0.15, 0.2) is 30.3 Å². The molecule has 21 heavy (non-hydrogen) atoms. The first-order valence-electron chi connectivity index (χ1n) is 6.84. The molecule has 112 valence electrons.